The van der Waals surface area contributed by atoms with Crippen molar-refractivity contribution in [2.45, 2.75) is 18.7 Å². The number of thiophene rings is 1. The molecule has 0 amide bonds. The van der Waals surface area contributed by atoms with E-state index in [1.807, 2.05) is 31.2 Å². The first-order valence-electron chi connectivity index (χ1n) is 7.38. The second-order valence-corrected chi connectivity index (χ2v) is 11.5. The molecule has 0 radical (unpaired) electrons. The zero-order valence-electron chi connectivity index (χ0n) is 13.7. The molecule has 0 aliphatic heterocycles. The van der Waals surface area contributed by atoms with Gasteiger partial charge >= 0.3 is 171 Å². The van der Waals surface area contributed by atoms with Crippen LogP contribution in [0.15, 0.2) is 49.6 Å². The molecule has 1 aromatic carbocycles. The average Bonchev–Trinajstić information content (AvgIpc) is 3.20. The number of benzene rings is 1. The van der Waals surface area contributed by atoms with Crippen molar-refractivity contribution in [2.75, 3.05) is 4.72 Å². The van der Waals surface area contributed by atoms with Gasteiger partial charge in [-0.2, -0.15) is 0 Å². The number of sulfonamides is 1. The Hall–Kier alpha value is -1.41. The fraction of sp³-hybridized carbons (Fsp3) is 0.125. The summed E-state index contributed by atoms with van der Waals surface area (Å²) >= 11 is 3.20. The van der Waals surface area contributed by atoms with Crippen LogP contribution in [0.3, 0.4) is 0 Å². The predicted octanol–water partition coefficient (Wildman–Crippen LogP) is 2.82. The van der Waals surface area contributed by atoms with E-state index in [1.165, 1.54) is 6.07 Å². The summed E-state index contributed by atoms with van der Waals surface area (Å²) in [7, 11) is -3.96. The molecule has 0 bridgehead atoms. The summed E-state index contributed by atoms with van der Waals surface area (Å²) in [6, 6.07) is 9.16. The number of hydrogen-bond donors (Lipinski definition) is 1. The number of hydrogen-bond acceptors (Lipinski definition) is 6. The quantitative estimate of drug-likeness (QED) is 0.509. The second kappa shape index (κ2) is 7.68. The molecule has 0 aliphatic carbocycles. The fourth-order valence-electron chi connectivity index (χ4n) is 2.10. The summed E-state index contributed by atoms with van der Waals surface area (Å²) in [5.41, 5.74) is 1.64. The van der Waals surface area contributed by atoms with Crippen LogP contribution in [0.2, 0.25) is 0 Å². The number of nitrogens with zero attached hydrogens (tertiary/aromatic N) is 1. The van der Waals surface area contributed by atoms with E-state index in [4.69, 9.17) is 4.52 Å². The first-order chi connectivity index (χ1) is 12.3. The number of aromatic nitrogens is 1. The van der Waals surface area contributed by atoms with Crippen molar-refractivity contribution in [1.29, 1.82) is 0 Å². The third-order valence-electron chi connectivity index (χ3n) is 3.45. The molecule has 1 N–H and O–H groups in total. The van der Waals surface area contributed by atoms with Crippen molar-refractivity contribution in [3.63, 3.8) is 0 Å². The Morgan fingerprint density at radius 2 is 1.92 bits per heavy atom. The molecule has 2 heterocycles. The minimum atomic E-state index is -3.96. The third-order valence-corrected chi connectivity index (χ3v) is 9.49. The SMILES string of the molecule is Cc1ccc([AsH]C(=O)c2sccc2S(=O)(=O)Nc2onc(C)c2Br)cc1. The molecule has 0 saturated carbocycles. The van der Waals surface area contributed by atoms with Gasteiger partial charge in [-0.15, -0.1) is 0 Å². The Bertz CT molecular complexity index is 1060. The van der Waals surface area contributed by atoms with E-state index in [0.29, 0.717) is 10.2 Å². The number of rotatable bonds is 6. The number of halogens is 1. The normalized spacial score (nSPS) is 12.0. The van der Waals surface area contributed by atoms with Crippen LogP contribution in [-0.2, 0) is 10.0 Å². The standard InChI is InChI=1S/C16H14AsBrN2O4S2/c1-9-3-5-11(6-4-9)17-15(21)14-12(7-8-25-14)26(22,23)20-16-13(18)10(2)19-24-16/h3-8,17,20H,1-2H3. The summed E-state index contributed by atoms with van der Waals surface area (Å²) < 4.78 is 34.0. The van der Waals surface area contributed by atoms with E-state index in [2.05, 4.69) is 25.8 Å². The molecule has 10 heteroatoms. The van der Waals surface area contributed by atoms with E-state index in [0.717, 1.165) is 21.3 Å². The third kappa shape index (κ3) is 4.11. The Morgan fingerprint density at radius 1 is 1.23 bits per heavy atom. The number of carbonyl (C=O) groups excluding carboxylic acids is 1. The summed E-state index contributed by atoms with van der Waals surface area (Å²) in [5, 5.41) is 5.30. The van der Waals surface area contributed by atoms with Gasteiger partial charge in [0.2, 0.25) is 0 Å². The van der Waals surface area contributed by atoms with E-state index >= 15 is 0 Å². The van der Waals surface area contributed by atoms with Crippen LogP contribution < -0.4 is 9.07 Å². The molecular formula is C16H14AsBrN2O4S2. The van der Waals surface area contributed by atoms with Gasteiger partial charge in [0, 0.05) is 0 Å². The Labute approximate surface area is 169 Å². The van der Waals surface area contributed by atoms with Crippen molar-refractivity contribution >= 4 is 67.8 Å². The van der Waals surface area contributed by atoms with Crippen LogP contribution >= 0.6 is 27.3 Å². The van der Waals surface area contributed by atoms with Crippen LogP contribution in [0.4, 0.5) is 5.88 Å². The van der Waals surface area contributed by atoms with Crippen molar-refractivity contribution < 1.29 is 17.7 Å². The van der Waals surface area contributed by atoms with Crippen molar-refractivity contribution in [1.82, 2.24) is 5.16 Å². The maximum atomic E-state index is 12.7. The van der Waals surface area contributed by atoms with Crippen LogP contribution in [0.25, 0.3) is 0 Å². The van der Waals surface area contributed by atoms with Crippen LogP contribution in [0.1, 0.15) is 20.9 Å². The first-order valence-corrected chi connectivity index (χ1v) is 12.6. The minimum absolute atomic E-state index is 0.0124. The van der Waals surface area contributed by atoms with Crippen LogP contribution in [-0.4, -0.2) is 33.9 Å². The Kier molecular flexibility index (Phi) is 5.72. The van der Waals surface area contributed by atoms with Gasteiger partial charge in [-0.1, -0.05) is 0 Å². The van der Waals surface area contributed by atoms with E-state index in [9.17, 15) is 13.2 Å². The van der Waals surface area contributed by atoms with Gasteiger partial charge in [0.25, 0.3) is 0 Å². The molecule has 26 heavy (non-hydrogen) atoms. The van der Waals surface area contributed by atoms with Gasteiger partial charge in [0.15, 0.2) is 0 Å². The molecule has 136 valence electrons. The first kappa shape index (κ1) is 19.4. The van der Waals surface area contributed by atoms with Crippen LogP contribution in [0.5, 0.6) is 0 Å². The molecule has 0 saturated heterocycles. The molecular weight excluding hydrogens is 503 g/mol. The van der Waals surface area contributed by atoms with E-state index < -0.39 is 25.8 Å². The molecule has 2 aromatic heterocycles. The van der Waals surface area contributed by atoms with E-state index in [1.54, 1.807) is 12.3 Å². The summed E-state index contributed by atoms with van der Waals surface area (Å²) in [6.45, 7) is 3.65. The number of carbonyl (C=O) groups is 1. The van der Waals surface area contributed by atoms with Gasteiger partial charge in [-0.25, -0.2) is 0 Å². The van der Waals surface area contributed by atoms with Gasteiger partial charge in [-0.3, -0.25) is 0 Å². The van der Waals surface area contributed by atoms with Crippen molar-refractivity contribution in [3.05, 3.63) is 56.3 Å². The fourth-order valence-corrected chi connectivity index (χ4v) is 7.34. The number of nitrogens with one attached hydrogen (secondary N) is 1. The maximum absolute atomic E-state index is 12.7. The molecule has 6 nitrogen and oxygen atoms in total. The van der Waals surface area contributed by atoms with Gasteiger partial charge < -0.3 is 0 Å². The van der Waals surface area contributed by atoms with Crippen molar-refractivity contribution in [2.24, 2.45) is 0 Å². The molecule has 0 spiro atoms. The Morgan fingerprint density at radius 3 is 2.54 bits per heavy atom. The number of aryl methyl sites for hydroxylation is 2. The van der Waals surface area contributed by atoms with Gasteiger partial charge in [0.1, 0.15) is 0 Å². The molecule has 3 aromatic rings. The molecule has 1 atom stereocenters. The zero-order chi connectivity index (χ0) is 18.9. The zero-order valence-corrected chi connectivity index (χ0v) is 19.1. The van der Waals surface area contributed by atoms with Crippen molar-refractivity contribution in [3.8, 4) is 0 Å². The average molecular weight is 517 g/mol. The molecule has 3 rings (SSSR count). The second-order valence-electron chi connectivity index (χ2n) is 5.45. The van der Waals surface area contributed by atoms with Gasteiger partial charge in [-0.05, 0) is 0 Å². The summed E-state index contributed by atoms with van der Waals surface area (Å²) in [4.78, 5) is 12.9. The van der Waals surface area contributed by atoms with Crippen LogP contribution in [0, 0.1) is 13.8 Å². The molecule has 0 aliphatic rings. The molecule has 0 fully saturated rings. The van der Waals surface area contributed by atoms with E-state index in [-0.39, 0.29) is 20.2 Å². The monoisotopic (exact) mass is 516 g/mol. The molecule has 1 unspecified atom stereocenters. The Balaban J connectivity index is 1.86. The summed E-state index contributed by atoms with van der Waals surface area (Å²) in [6.07, 6.45) is 0. The topological polar surface area (TPSA) is 89.3 Å². The summed E-state index contributed by atoms with van der Waals surface area (Å²) in [5.74, 6) is -0.0124. The van der Waals surface area contributed by atoms with Gasteiger partial charge in [0.05, 0.1) is 0 Å². The number of anilines is 1. The predicted molar refractivity (Wildman–Crippen MR) is 106 cm³/mol.